The molecule has 1 aliphatic carbocycles. The highest BCUT2D eigenvalue weighted by molar-refractivity contribution is 6.30. The van der Waals surface area contributed by atoms with Gasteiger partial charge in [-0.3, -0.25) is 4.79 Å². The maximum atomic E-state index is 11.5. The third-order valence-electron chi connectivity index (χ3n) is 2.95. The molecule has 4 nitrogen and oxygen atoms in total. The van der Waals surface area contributed by atoms with E-state index >= 15 is 0 Å². The van der Waals surface area contributed by atoms with E-state index in [9.17, 15) is 9.90 Å². The third kappa shape index (κ3) is 4.40. The Morgan fingerprint density at radius 2 is 2.32 bits per heavy atom. The Morgan fingerprint density at radius 3 is 2.95 bits per heavy atom. The Hall–Kier alpha value is -1.26. The number of hydrogen-bond donors (Lipinski definition) is 2. The van der Waals surface area contributed by atoms with Crippen LogP contribution in [0.25, 0.3) is 0 Å². The predicted molar refractivity (Wildman–Crippen MR) is 73.4 cm³/mol. The molecule has 1 saturated carbocycles. The van der Waals surface area contributed by atoms with Crippen LogP contribution in [0.1, 0.15) is 37.9 Å². The fourth-order valence-electron chi connectivity index (χ4n) is 1.76. The van der Waals surface area contributed by atoms with Gasteiger partial charge in [0.25, 0.3) is 0 Å². The first-order valence-corrected chi connectivity index (χ1v) is 6.83. The molecule has 1 aromatic rings. The monoisotopic (exact) mass is 283 g/mol. The second-order valence-electron chi connectivity index (χ2n) is 4.80. The number of nitrogens with one attached hydrogen (secondary N) is 1. The van der Waals surface area contributed by atoms with E-state index < -0.39 is 6.10 Å². The molecule has 1 amide bonds. The van der Waals surface area contributed by atoms with Crippen LogP contribution in [0.2, 0.25) is 5.02 Å². The number of benzene rings is 1. The molecule has 1 aliphatic rings. The fraction of sp³-hybridized carbons (Fsp3) is 0.500. The lowest BCUT2D eigenvalue weighted by Crippen LogP contribution is -2.26. The van der Waals surface area contributed by atoms with Crippen LogP contribution < -0.4 is 10.1 Å². The van der Waals surface area contributed by atoms with Gasteiger partial charge in [0.2, 0.25) is 5.91 Å². The molecular formula is C14H18ClNO3. The molecule has 0 heterocycles. The van der Waals surface area contributed by atoms with E-state index in [1.807, 2.05) is 0 Å². The first kappa shape index (κ1) is 14.2. The average Bonchev–Trinajstić information content (AvgIpc) is 3.14. The summed E-state index contributed by atoms with van der Waals surface area (Å²) in [6.07, 6.45) is 1.82. The number of hydrogen-bond acceptors (Lipinski definition) is 3. The van der Waals surface area contributed by atoms with Gasteiger partial charge in [-0.25, -0.2) is 0 Å². The van der Waals surface area contributed by atoms with Crippen molar-refractivity contribution >= 4 is 17.5 Å². The summed E-state index contributed by atoms with van der Waals surface area (Å²) in [5.41, 5.74) is 0.634. The summed E-state index contributed by atoms with van der Waals surface area (Å²) in [7, 11) is 0. The zero-order chi connectivity index (χ0) is 13.8. The SMILES string of the molecule is C[C@@H](O)c1cc(Cl)ccc1OCCC(=O)NC1CC1. The van der Waals surface area contributed by atoms with Crippen LogP contribution in [0.15, 0.2) is 18.2 Å². The van der Waals surface area contributed by atoms with Crippen LogP contribution in [-0.2, 0) is 4.79 Å². The molecule has 2 rings (SSSR count). The predicted octanol–water partition coefficient (Wildman–Crippen LogP) is 2.44. The maximum absolute atomic E-state index is 11.5. The molecule has 0 bridgehead atoms. The zero-order valence-electron chi connectivity index (χ0n) is 10.9. The molecule has 5 heteroatoms. The van der Waals surface area contributed by atoms with Crippen molar-refractivity contribution in [3.8, 4) is 5.75 Å². The molecule has 0 radical (unpaired) electrons. The minimum Gasteiger partial charge on any atom is -0.493 e. The molecule has 0 spiro atoms. The summed E-state index contributed by atoms with van der Waals surface area (Å²) in [5.74, 6) is 0.577. The Balaban J connectivity index is 1.86. The second kappa shape index (κ2) is 6.26. The van der Waals surface area contributed by atoms with Gasteiger partial charge in [0.05, 0.1) is 19.1 Å². The van der Waals surface area contributed by atoms with Gasteiger partial charge in [0.1, 0.15) is 5.75 Å². The van der Waals surface area contributed by atoms with E-state index in [2.05, 4.69) is 5.32 Å². The van der Waals surface area contributed by atoms with Gasteiger partial charge in [0.15, 0.2) is 0 Å². The summed E-state index contributed by atoms with van der Waals surface area (Å²) < 4.78 is 5.55. The number of amides is 1. The molecule has 0 saturated heterocycles. The molecular weight excluding hydrogens is 266 g/mol. The van der Waals surface area contributed by atoms with Gasteiger partial charge >= 0.3 is 0 Å². The third-order valence-corrected chi connectivity index (χ3v) is 3.19. The van der Waals surface area contributed by atoms with Gasteiger partial charge in [0, 0.05) is 16.6 Å². The second-order valence-corrected chi connectivity index (χ2v) is 5.23. The van der Waals surface area contributed by atoms with E-state index in [4.69, 9.17) is 16.3 Å². The quantitative estimate of drug-likeness (QED) is 0.843. The van der Waals surface area contributed by atoms with Crippen LogP contribution in [0.5, 0.6) is 5.75 Å². The van der Waals surface area contributed by atoms with Crippen molar-refractivity contribution < 1.29 is 14.6 Å². The number of ether oxygens (including phenoxy) is 1. The molecule has 1 atom stereocenters. The number of halogens is 1. The van der Waals surface area contributed by atoms with E-state index in [1.165, 1.54) is 0 Å². The van der Waals surface area contributed by atoms with Gasteiger partial charge in [-0.05, 0) is 38.0 Å². The molecule has 1 fully saturated rings. The number of carbonyl (C=O) groups excluding carboxylic acids is 1. The molecule has 19 heavy (non-hydrogen) atoms. The summed E-state index contributed by atoms with van der Waals surface area (Å²) in [6.45, 7) is 1.94. The molecule has 0 aromatic heterocycles. The van der Waals surface area contributed by atoms with Crippen molar-refractivity contribution in [3.05, 3.63) is 28.8 Å². The van der Waals surface area contributed by atoms with Crippen LogP contribution in [0, 0.1) is 0 Å². The first-order valence-electron chi connectivity index (χ1n) is 6.46. The van der Waals surface area contributed by atoms with E-state index in [0.29, 0.717) is 35.4 Å². The standard InChI is InChI=1S/C14H18ClNO3/c1-9(17)12-8-10(15)2-5-13(12)19-7-6-14(18)16-11-3-4-11/h2,5,8-9,11,17H,3-4,6-7H2,1H3,(H,16,18)/t9-/m1/s1. The van der Waals surface area contributed by atoms with Crippen LogP contribution in [-0.4, -0.2) is 23.7 Å². The molecule has 104 valence electrons. The molecule has 2 N–H and O–H groups in total. The van der Waals surface area contributed by atoms with Crippen molar-refractivity contribution in [1.82, 2.24) is 5.32 Å². The minimum atomic E-state index is -0.658. The Bertz CT molecular complexity index is 458. The highest BCUT2D eigenvalue weighted by Gasteiger charge is 2.22. The summed E-state index contributed by atoms with van der Waals surface area (Å²) in [6, 6.07) is 5.46. The zero-order valence-corrected chi connectivity index (χ0v) is 11.6. The van der Waals surface area contributed by atoms with Crippen molar-refractivity contribution in [2.24, 2.45) is 0 Å². The smallest absolute Gasteiger partial charge is 0.223 e. The topological polar surface area (TPSA) is 58.6 Å². The number of rotatable bonds is 6. The van der Waals surface area contributed by atoms with Crippen LogP contribution >= 0.6 is 11.6 Å². The van der Waals surface area contributed by atoms with Crippen molar-refractivity contribution in [1.29, 1.82) is 0 Å². The largest absolute Gasteiger partial charge is 0.493 e. The highest BCUT2D eigenvalue weighted by atomic mass is 35.5. The van der Waals surface area contributed by atoms with Crippen LogP contribution in [0.3, 0.4) is 0 Å². The maximum Gasteiger partial charge on any atom is 0.223 e. The number of aliphatic hydroxyl groups is 1. The lowest BCUT2D eigenvalue weighted by molar-refractivity contribution is -0.121. The van der Waals surface area contributed by atoms with Gasteiger partial charge in [-0.15, -0.1) is 0 Å². The lowest BCUT2D eigenvalue weighted by Gasteiger charge is -2.13. The first-order chi connectivity index (χ1) is 9.06. The Labute approximate surface area is 117 Å². The lowest BCUT2D eigenvalue weighted by atomic mass is 10.1. The Kier molecular flexibility index (Phi) is 4.66. The molecule has 0 unspecified atom stereocenters. The van der Waals surface area contributed by atoms with Crippen LogP contribution in [0.4, 0.5) is 0 Å². The number of carbonyl (C=O) groups is 1. The van der Waals surface area contributed by atoms with Crippen molar-refractivity contribution in [2.75, 3.05) is 6.61 Å². The summed E-state index contributed by atoms with van der Waals surface area (Å²) >= 11 is 5.88. The minimum absolute atomic E-state index is 0.00932. The number of aliphatic hydroxyl groups excluding tert-OH is 1. The Morgan fingerprint density at radius 1 is 1.58 bits per heavy atom. The molecule has 1 aromatic carbocycles. The van der Waals surface area contributed by atoms with Gasteiger partial charge < -0.3 is 15.2 Å². The van der Waals surface area contributed by atoms with Crippen molar-refractivity contribution in [3.63, 3.8) is 0 Å². The van der Waals surface area contributed by atoms with Crippen molar-refractivity contribution in [2.45, 2.75) is 38.3 Å². The summed E-state index contributed by atoms with van der Waals surface area (Å²) in [4.78, 5) is 11.5. The fourth-order valence-corrected chi connectivity index (χ4v) is 1.94. The molecule has 0 aliphatic heterocycles. The van der Waals surface area contributed by atoms with Gasteiger partial charge in [-0.1, -0.05) is 11.6 Å². The van der Waals surface area contributed by atoms with Gasteiger partial charge in [-0.2, -0.15) is 0 Å². The highest BCUT2D eigenvalue weighted by Crippen LogP contribution is 2.28. The van der Waals surface area contributed by atoms with E-state index in [0.717, 1.165) is 12.8 Å². The summed E-state index contributed by atoms with van der Waals surface area (Å²) in [5, 5.41) is 13.1. The van der Waals surface area contributed by atoms with E-state index in [1.54, 1.807) is 25.1 Å². The normalized spacial score (nSPS) is 15.9. The average molecular weight is 284 g/mol. The van der Waals surface area contributed by atoms with E-state index in [-0.39, 0.29) is 5.91 Å².